The van der Waals surface area contributed by atoms with E-state index in [0.29, 0.717) is 20.6 Å². The average molecular weight is 542 g/mol. The Kier molecular flexibility index (Phi) is 6.03. The predicted octanol–water partition coefficient (Wildman–Crippen LogP) is 3.95. The van der Waals surface area contributed by atoms with Crippen LogP contribution in [0.15, 0.2) is 76.0 Å². The molecule has 2 heterocycles. The van der Waals surface area contributed by atoms with Crippen LogP contribution in [0, 0.1) is 10.1 Å². The first-order valence-electron chi connectivity index (χ1n) is 12.2. The molecule has 0 saturated carbocycles. The highest BCUT2D eigenvalue weighted by molar-refractivity contribution is 7.07. The molecule has 1 N–H and O–H groups in total. The Hall–Kier alpha value is -4.70. The van der Waals surface area contributed by atoms with Crippen LogP contribution in [0.5, 0.6) is 17.2 Å². The van der Waals surface area contributed by atoms with Crippen molar-refractivity contribution < 1.29 is 19.5 Å². The van der Waals surface area contributed by atoms with E-state index in [9.17, 15) is 20.0 Å². The zero-order valence-corrected chi connectivity index (χ0v) is 21.9. The summed E-state index contributed by atoms with van der Waals surface area (Å²) in [5.74, 6) is 0.0504. The third-order valence-electron chi connectivity index (χ3n) is 7.10. The molecular weight excluding hydrogens is 518 g/mol. The van der Waals surface area contributed by atoms with Gasteiger partial charge >= 0.3 is 5.69 Å². The second-order valence-electron chi connectivity index (χ2n) is 9.20. The highest BCUT2D eigenvalue weighted by Crippen LogP contribution is 2.43. The lowest BCUT2D eigenvalue weighted by Gasteiger charge is -2.31. The predicted molar refractivity (Wildman–Crippen MR) is 147 cm³/mol. The maximum absolute atomic E-state index is 14.0. The second kappa shape index (κ2) is 9.55. The van der Waals surface area contributed by atoms with Crippen LogP contribution in [-0.4, -0.2) is 28.8 Å². The standard InChI is InChI=1S/C29H23N3O6S/c1-37-22-10-6-5-9-19(22)26-20-12-11-17-7-3-4-8-18(17)25(20)30-29-31(26)28(34)24(39-29)15-16-13-21(32(35)36)27(33)23(14-16)38-2/h3-10,13-15,26,33H,11-12H2,1-2H3/b24-15-/t26-/m0/s1. The summed E-state index contributed by atoms with van der Waals surface area (Å²) in [4.78, 5) is 30.3. The first-order chi connectivity index (χ1) is 18.9. The number of para-hydroxylation sites is 1. The molecule has 0 radical (unpaired) electrons. The van der Waals surface area contributed by atoms with Crippen LogP contribution < -0.4 is 24.4 Å². The lowest BCUT2D eigenvalue weighted by atomic mass is 9.83. The van der Waals surface area contributed by atoms with Crippen molar-refractivity contribution in [2.45, 2.75) is 18.9 Å². The number of phenolic OH excluding ortho intramolecular Hbond substituents is 1. The van der Waals surface area contributed by atoms with E-state index in [1.165, 1.54) is 36.1 Å². The molecule has 6 rings (SSSR count). The van der Waals surface area contributed by atoms with Crippen LogP contribution in [-0.2, 0) is 6.42 Å². The number of benzene rings is 3. The zero-order valence-electron chi connectivity index (χ0n) is 21.1. The number of thiazole rings is 1. The van der Waals surface area contributed by atoms with E-state index >= 15 is 0 Å². The number of nitrogens with zero attached hydrogens (tertiary/aromatic N) is 3. The largest absolute Gasteiger partial charge is 0.500 e. The number of rotatable bonds is 5. The Balaban J connectivity index is 1.63. The summed E-state index contributed by atoms with van der Waals surface area (Å²) in [6.45, 7) is 0. The molecule has 0 unspecified atom stereocenters. The molecule has 9 nitrogen and oxygen atoms in total. The van der Waals surface area contributed by atoms with E-state index in [2.05, 4.69) is 12.1 Å². The van der Waals surface area contributed by atoms with E-state index in [1.807, 2.05) is 36.4 Å². The van der Waals surface area contributed by atoms with Crippen molar-refractivity contribution in [1.29, 1.82) is 0 Å². The van der Waals surface area contributed by atoms with Crippen LogP contribution in [0.3, 0.4) is 0 Å². The summed E-state index contributed by atoms with van der Waals surface area (Å²) in [6, 6.07) is 18.1. The number of nitro benzene ring substituents is 1. The van der Waals surface area contributed by atoms with E-state index in [1.54, 1.807) is 17.8 Å². The molecule has 0 amide bonds. The van der Waals surface area contributed by atoms with Gasteiger partial charge < -0.3 is 14.6 Å². The van der Waals surface area contributed by atoms with Crippen LogP contribution in [0.2, 0.25) is 0 Å². The van der Waals surface area contributed by atoms with Crippen molar-refractivity contribution in [3.05, 3.63) is 118 Å². The fourth-order valence-electron chi connectivity index (χ4n) is 5.33. The molecule has 0 fully saturated rings. The van der Waals surface area contributed by atoms with Gasteiger partial charge in [0.05, 0.1) is 35.4 Å². The number of hydrogen-bond donors (Lipinski definition) is 1. The van der Waals surface area contributed by atoms with Crippen molar-refractivity contribution >= 4 is 28.8 Å². The molecule has 0 saturated heterocycles. The minimum absolute atomic E-state index is 0.0535. The summed E-state index contributed by atoms with van der Waals surface area (Å²) in [5, 5.41) is 21.7. The molecule has 196 valence electrons. The van der Waals surface area contributed by atoms with Gasteiger partial charge in [0.25, 0.3) is 5.56 Å². The molecular formula is C29H23N3O6S. The van der Waals surface area contributed by atoms with Crippen LogP contribution in [0.4, 0.5) is 5.69 Å². The highest BCUT2D eigenvalue weighted by atomic mass is 32.1. The number of aryl methyl sites for hydroxylation is 1. The third-order valence-corrected chi connectivity index (χ3v) is 8.08. The van der Waals surface area contributed by atoms with Crippen molar-refractivity contribution in [3.63, 3.8) is 0 Å². The zero-order chi connectivity index (χ0) is 27.3. The van der Waals surface area contributed by atoms with Gasteiger partial charge in [0.15, 0.2) is 10.6 Å². The number of methoxy groups -OCH3 is 2. The average Bonchev–Trinajstić information content (AvgIpc) is 3.26. The number of aromatic hydroxyl groups is 1. The molecule has 1 aromatic heterocycles. The molecule has 0 spiro atoms. The molecule has 1 aliphatic carbocycles. The summed E-state index contributed by atoms with van der Waals surface area (Å²) in [6.07, 6.45) is 3.13. The summed E-state index contributed by atoms with van der Waals surface area (Å²) >= 11 is 1.21. The Morgan fingerprint density at radius 3 is 2.59 bits per heavy atom. The Labute approximate surface area is 226 Å². The fourth-order valence-corrected chi connectivity index (χ4v) is 6.34. The van der Waals surface area contributed by atoms with Crippen molar-refractivity contribution in [3.8, 4) is 17.2 Å². The number of aromatic nitrogens is 1. The minimum atomic E-state index is -0.691. The summed E-state index contributed by atoms with van der Waals surface area (Å²) in [7, 11) is 2.92. The normalized spacial score (nSPS) is 16.2. The SMILES string of the molecule is COc1ccccc1[C@H]1C2=C(N=c3s/c(=C\c4cc(OC)c(O)c([N+](=O)[O-])c4)c(=O)n31)c1ccccc1CC2. The second-order valence-corrected chi connectivity index (χ2v) is 10.2. The number of phenols is 1. The summed E-state index contributed by atoms with van der Waals surface area (Å²) < 4.78 is 12.9. The molecule has 39 heavy (non-hydrogen) atoms. The van der Waals surface area contributed by atoms with Gasteiger partial charge in [0.1, 0.15) is 5.75 Å². The van der Waals surface area contributed by atoms with E-state index in [0.717, 1.165) is 35.2 Å². The Morgan fingerprint density at radius 1 is 1.08 bits per heavy atom. The first kappa shape index (κ1) is 24.6. The third kappa shape index (κ3) is 4.00. The number of fused-ring (bicyclic) bond motifs is 3. The molecule has 3 aromatic carbocycles. The van der Waals surface area contributed by atoms with Crippen molar-refractivity contribution in [2.75, 3.05) is 14.2 Å². The Morgan fingerprint density at radius 2 is 1.82 bits per heavy atom. The topological polar surface area (TPSA) is 116 Å². The highest BCUT2D eigenvalue weighted by Gasteiger charge is 2.34. The Bertz CT molecular complexity index is 1870. The van der Waals surface area contributed by atoms with Gasteiger partial charge in [-0.25, -0.2) is 4.99 Å². The van der Waals surface area contributed by atoms with Crippen LogP contribution >= 0.6 is 11.3 Å². The maximum atomic E-state index is 14.0. The maximum Gasteiger partial charge on any atom is 0.315 e. The van der Waals surface area contributed by atoms with Gasteiger partial charge in [-0.2, -0.15) is 0 Å². The van der Waals surface area contributed by atoms with Gasteiger partial charge in [-0.3, -0.25) is 19.5 Å². The van der Waals surface area contributed by atoms with Crippen LogP contribution in [0.1, 0.15) is 34.7 Å². The minimum Gasteiger partial charge on any atom is -0.500 e. The van der Waals surface area contributed by atoms with Crippen LogP contribution in [0.25, 0.3) is 11.8 Å². The lowest BCUT2D eigenvalue weighted by molar-refractivity contribution is -0.386. The monoisotopic (exact) mass is 541 g/mol. The lowest BCUT2D eigenvalue weighted by Crippen LogP contribution is -2.39. The van der Waals surface area contributed by atoms with Gasteiger partial charge in [0, 0.05) is 17.2 Å². The summed E-state index contributed by atoms with van der Waals surface area (Å²) in [5.41, 5.74) is 4.60. The van der Waals surface area contributed by atoms with Gasteiger partial charge in [-0.1, -0.05) is 53.8 Å². The number of nitro groups is 1. The van der Waals surface area contributed by atoms with Gasteiger partial charge in [0.2, 0.25) is 5.75 Å². The molecule has 4 aromatic rings. The van der Waals surface area contributed by atoms with E-state index in [4.69, 9.17) is 14.5 Å². The van der Waals surface area contributed by atoms with Gasteiger partial charge in [-0.15, -0.1) is 0 Å². The van der Waals surface area contributed by atoms with Crippen molar-refractivity contribution in [2.24, 2.45) is 4.99 Å². The van der Waals surface area contributed by atoms with Crippen molar-refractivity contribution in [1.82, 2.24) is 4.57 Å². The van der Waals surface area contributed by atoms with Gasteiger partial charge in [-0.05, 0) is 47.8 Å². The smallest absolute Gasteiger partial charge is 0.315 e. The molecule has 1 atom stereocenters. The van der Waals surface area contributed by atoms with E-state index < -0.39 is 22.4 Å². The molecule has 0 bridgehead atoms. The quantitative estimate of drug-likeness (QED) is 0.302. The number of hydrogen-bond acceptors (Lipinski definition) is 8. The number of ether oxygens (including phenoxy) is 2. The fraction of sp³-hybridized carbons (Fsp3) is 0.172. The number of allylic oxidation sites excluding steroid dienone is 1. The first-order valence-corrected chi connectivity index (χ1v) is 13.0. The molecule has 10 heteroatoms. The molecule has 2 aliphatic rings. The van der Waals surface area contributed by atoms with E-state index in [-0.39, 0.29) is 11.3 Å². The molecule has 1 aliphatic heterocycles.